The molecule has 2 N–H and O–H groups in total. The van der Waals surface area contributed by atoms with Crippen LogP contribution < -0.4 is 10.2 Å². The van der Waals surface area contributed by atoms with Gasteiger partial charge in [0.15, 0.2) is 10.8 Å². The smallest absolute Gasteiger partial charge is 0.180 e. The third kappa shape index (κ3) is 3.68. The summed E-state index contributed by atoms with van der Waals surface area (Å²) in [5.41, 5.74) is 1.12. The van der Waals surface area contributed by atoms with E-state index in [0.29, 0.717) is 35.4 Å². The summed E-state index contributed by atoms with van der Waals surface area (Å²) in [6.07, 6.45) is 1.69. The van der Waals surface area contributed by atoms with Crippen LogP contribution in [0.1, 0.15) is 18.0 Å². The maximum atomic E-state index is 14.4. The third-order valence-corrected chi connectivity index (χ3v) is 5.97. The summed E-state index contributed by atoms with van der Waals surface area (Å²) in [6, 6.07) is 4.19. The predicted molar refractivity (Wildman–Crippen MR) is 113 cm³/mol. The summed E-state index contributed by atoms with van der Waals surface area (Å²) in [4.78, 5) is 8.06. The highest BCUT2D eigenvalue weighted by Gasteiger charge is 2.36. The topological polar surface area (TPSA) is 68.9 Å². The van der Waals surface area contributed by atoms with Crippen LogP contribution in [0.5, 0.6) is 0 Å². The lowest BCUT2D eigenvalue weighted by Crippen LogP contribution is -2.54. The van der Waals surface area contributed by atoms with Gasteiger partial charge in [-0.2, -0.15) is 5.10 Å². The van der Waals surface area contributed by atoms with E-state index >= 15 is 0 Å². The minimum absolute atomic E-state index is 0.0186. The molecule has 2 fully saturated rings. The second-order valence-electron chi connectivity index (χ2n) is 7.77. The van der Waals surface area contributed by atoms with Crippen LogP contribution in [0.15, 0.2) is 36.7 Å². The average Bonchev–Trinajstić information content (AvgIpc) is 3.30. The van der Waals surface area contributed by atoms with Crippen LogP contribution in [0.3, 0.4) is 0 Å². The molecule has 31 heavy (non-hydrogen) atoms. The molecule has 11 heteroatoms. The molecular weight excluding hydrogens is 429 g/mol. The van der Waals surface area contributed by atoms with E-state index < -0.39 is 30.0 Å². The fourth-order valence-corrected chi connectivity index (χ4v) is 4.28. The van der Waals surface area contributed by atoms with Gasteiger partial charge in [0.05, 0.1) is 24.9 Å². The molecule has 0 radical (unpaired) electrons. The number of nitrogens with one attached hydrogen (secondary N) is 1. The van der Waals surface area contributed by atoms with E-state index in [0.717, 1.165) is 18.2 Å². The molecule has 2 atom stereocenters. The van der Waals surface area contributed by atoms with Crippen LogP contribution in [0, 0.1) is 11.6 Å². The first-order chi connectivity index (χ1) is 14.9. The van der Waals surface area contributed by atoms with E-state index in [-0.39, 0.29) is 18.5 Å². The van der Waals surface area contributed by atoms with E-state index in [1.807, 2.05) is 4.90 Å². The lowest BCUT2D eigenvalue weighted by Gasteiger charge is -2.37. The maximum absolute atomic E-state index is 14.4. The number of thiocarbonyl (C=S) groups is 1. The number of hydrogen-bond acceptors (Lipinski definition) is 5. The molecule has 2 aliphatic heterocycles. The molecule has 0 spiro atoms. The number of aliphatic hydroxyl groups excluding tert-OH is 1. The van der Waals surface area contributed by atoms with Gasteiger partial charge in [-0.25, -0.2) is 22.7 Å². The Morgan fingerprint density at radius 2 is 2.00 bits per heavy atom. The van der Waals surface area contributed by atoms with Gasteiger partial charge in [0.25, 0.3) is 0 Å². The second kappa shape index (κ2) is 7.65. The highest BCUT2D eigenvalue weighted by atomic mass is 32.1. The number of β-amino-alcohol motifs (C(OH)–C–C–N with tert-alkyl or cyclic N) is 1. The Labute approximate surface area is 181 Å². The van der Waals surface area contributed by atoms with Crippen LogP contribution in [0.4, 0.5) is 24.7 Å². The minimum Gasteiger partial charge on any atom is -0.389 e. The summed E-state index contributed by atoms with van der Waals surface area (Å²) in [5.74, 6) is -0.732. The molecule has 0 aliphatic carbocycles. The van der Waals surface area contributed by atoms with Crippen LogP contribution in [-0.4, -0.2) is 61.6 Å². The van der Waals surface area contributed by atoms with Gasteiger partial charge < -0.3 is 20.2 Å². The number of hydrogen-bond donors (Lipinski definition) is 2. The second-order valence-corrected chi connectivity index (χ2v) is 8.15. The Morgan fingerprint density at radius 3 is 2.77 bits per heavy atom. The largest absolute Gasteiger partial charge is 0.389 e. The van der Waals surface area contributed by atoms with Crippen molar-refractivity contribution < 1.29 is 18.3 Å². The fourth-order valence-electron chi connectivity index (χ4n) is 4.03. The number of halogens is 3. The highest BCUT2D eigenvalue weighted by molar-refractivity contribution is 7.80. The zero-order chi connectivity index (χ0) is 21.7. The molecule has 7 nitrogen and oxygen atoms in total. The van der Waals surface area contributed by atoms with E-state index in [1.54, 1.807) is 27.9 Å². The molecule has 0 unspecified atom stereocenters. The molecule has 0 bridgehead atoms. The molecule has 0 amide bonds. The third-order valence-electron chi connectivity index (χ3n) is 5.61. The predicted octanol–water partition coefficient (Wildman–Crippen LogP) is 2.67. The molecule has 2 saturated heterocycles. The van der Waals surface area contributed by atoms with Crippen molar-refractivity contribution in [2.45, 2.75) is 24.7 Å². The van der Waals surface area contributed by atoms with E-state index in [4.69, 9.17) is 12.2 Å². The average molecular weight is 448 g/mol. The number of alkyl halides is 1. The van der Waals surface area contributed by atoms with Gasteiger partial charge >= 0.3 is 0 Å². The Morgan fingerprint density at radius 1 is 1.19 bits per heavy atom. The molecule has 162 valence electrons. The first-order valence-electron chi connectivity index (χ1n) is 9.83. The number of rotatable bonds is 3. The van der Waals surface area contributed by atoms with Crippen LogP contribution in [0.2, 0.25) is 0 Å². The molecule has 3 aromatic rings. The van der Waals surface area contributed by atoms with Crippen molar-refractivity contribution in [2.75, 3.05) is 29.9 Å². The van der Waals surface area contributed by atoms with Gasteiger partial charge in [0.1, 0.15) is 29.3 Å². The maximum Gasteiger partial charge on any atom is 0.180 e. The minimum atomic E-state index is -1.20. The first-order valence-corrected chi connectivity index (χ1v) is 10.2. The lowest BCUT2D eigenvalue weighted by molar-refractivity contribution is 0.0482. The monoisotopic (exact) mass is 448 g/mol. The summed E-state index contributed by atoms with van der Waals surface area (Å²) in [6.45, 7) is 0.928. The van der Waals surface area contributed by atoms with E-state index in [1.165, 1.54) is 0 Å². The van der Waals surface area contributed by atoms with Crippen LogP contribution in [0.25, 0.3) is 5.65 Å². The van der Waals surface area contributed by atoms with Crippen molar-refractivity contribution >= 4 is 34.5 Å². The number of aromatic nitrogens is 3. The van der Waals surface area contributed by atoms with Gasteiger partial charge in [-0.3, -0.25) is 0 Å². The zero-order valence-corrected chi connectivity index (χ0v) is 17.1. The summed E-state index contributed by atoms with van der Waals surface area (Å²) >= 11 is 5.36. The Bertz CT molecular complexity index is 1150. The normalized spacial score (nSPS) is 21.5. The van der Waals surface area contributed by atoms with Crippen LogP contribution >= 0.6 is 12.2 Å². The molecule has 0 saturated carbocycles. The molecule has 5 rings (SSSR count). The molecule has 2 aliphatic rings. The summed E-state index contributed by atoms with van der Waals surface area (Å²) < 4.78 is 44.0. The molecule has 4 heterocycles. The number of likely N-dealkylation sites (tertiary alicyclic amines) is 1. The van der Waals surface area contributed by atoms with Crippen molar-refractivity contribution in [1.82, 2.24) is 19.5 Å². The Kier molecular flexibility index (Phi) is 4.94. The fraction of sp³-hybridized carbons (Fsp3) is 0.350. The van der Waals surface area contributed by atoms with E-state index in [9.17, 15) is 18.3 Å². The summed E-state index contributed by atoms with van der Waals surface area (Å²) in [5, 5.41) is 17.2. The zero-order valence-electron chi connectivity index (χ0n) is 16.3. The molecular formula is C20H19F3N6OS. The molecule has 1 aromatic carbocycles. The van der Waals surface area contributed by atoms with Gasteiger partial charge in [0, 0.05) is 31.3 Å². The van der Waals surface area contributed by atoms with Crippen molar-refractivity contribution in [3.05, 3.63) is 53.9 Å². The van der Waals surface area contributed by atoms with Crippen molar-refractivity contribution in [2.24, 2.45) is 0 Å². The number of fused-ring (bicyclic) bond motifs is 1. The quantitative estimate of drug-likeness (QED) is 0.597. The Balaban J connectivity index is 1.46. The van der Waals surface area contributed by atoms with Crippen molar-refractivity contribution in [3.8, 4) is 0 Å². The summed E-state index contributed by atoms with van der Waals surface area (Å²) in [7, 11) is 0. The van der Waals surface area contributed by atoms with Gasteiger partial charge in [0.2, 0.25) is 0 Å². The van der Waals surface area contributed by atoms with Crippen molar-refractivity contribution in [1.29, 1.82) is 0 Å². The van der Waals surface area contributed by atoms with Gasteiger partial charge in [-0.05, 0) is 36.5 Å². The van der Waals surface area contributed by atoms with Crippen LogP contribution in [-0.2, 0) is 0 Å². The number of aliphatic hydroxyl groups is 1. The number of benzene rings is 1. The highest BCUT2D eigenvalue weighted by Crippen LogP contribution is 2.38. The van der Waals surface area contributed by atoms with Gasteiger partial charge in [-0.1, -0.05) is 0 Å². The first kappa shape index (κ1) is 20.0. The Hall–Kier alpha value is -2.92. The number of anilines is 2. The van der Waals surface area contributed by atoms with Crippen molar-refractivity contribution in [3.63, 3.8) is 0 Å². The molecule has 2 aromatic heterocycles. The van der Waals surface area contributed by atoms with Gasteiger partial charge in [-0.15, -0.1) is 0 Å². The lowest BCUT2D eigenvalue weighted by atomic mass is 10.0. The SMILES string of the molecule is OC1CN(C(=S)Nc2cnn3ccc(N4C[C@@H](F)C[C@@H]4c4cc(F)ccc4F)nc23)C1. The van der Waals surface area contributed by atoms with E-state index in [2.05, 4.69) is 15.4 Å². The standard InChI is InChI=1S/C20H19F3N6OS/c21-11-1-2-15(23)14(5-11)17-6-12(22)8-28(17)18-3-4-29-19(26-18)16(7-24-29)25-20(31)27-9-13(30)10-27/h1-5,7,12-13,17,30H,6,8-10H2,(H,25,31)/t12-,17+/m0/s1. The number of nitrogens with zero attached hydrogens (tertiary/aromatic N) is 5.